The molecule has 0 aliphatic carbocycles. The highest BCUT2D eigenvalue weighted by Crippen LogP contribution is 1.73. The monoisotopic (exact) mass is 120 g/mol. The van der Waals surface area contributed by atoms with Crippen LogP contribution in [0.4, 0.5) is 0 Å². The molecule has 0 fully saturated rings. The Kier molecular flexibility index (Phi) is 6.85. The molecular weight excluding hydrogens is 100 g/mol. The summed E-state index contributed by atoms with van der Waals surface area (Å²) in [6.07, 6.45) is 0. The third-order valence-electron chi connectivity index (χ3n) is 0. The quantitative estimate of drug-likeness (QED) is 0.400. The largest absolute Gasteiger partial charge is 0.351 e. The lowest BCUT2D eigenvalue weighted by atomic mass is 10.8. The zero-order valence-corrected chi connectivity index (χ0v) is 7.02. The highest BCUT2D eigenvalue weighted by atomic mass is 15.2. The van der Waals surface area contributed by atoms with Crippen LogP contribution in [0.15, 0.2) is 0 Å². The summed E-state index contributed by atoms with van der Waals surface area (Å²) in [4.78, 5) is 0. The van der Waals surface area contributed by atoms with Gasteiger partial charge in [0.1, 0.15) is 0 Å². The molecule has 0 bridgehead atoms. The van der Waals surface area contributed by atoms with Crippen LogP contribution in [-0.4, -0.2) is 46.8 Å². The highest BCUT2D eigenvalue weighted by molar-refractivity contribution is 3.87. The van der Waals surface area contributed by atoms with Crippen molar-refractivity contribution in [2.24, 2.45) is 0 Å². The van der Waals surface area contributed by atoms with Gasteiger partial charge in [0.05, 0.1) is 42.3 Å². The molecule has 0 amide bonds. The Morgan fingerprint density at radius 1 is 0.875 bits per heavy atom. The Labute approximate surface area is 53.1 Å². The molecule has 0 saturated carbocycles. The maximum absolute atomic E-state index is 2.12. The average Bonchev–Trinajstić information content (AvgIpc) is 1.27. The molecule has 2 heteroatoms. The van der Waals surface area contributed by atoms with Crippen LogP contribution in [-0.2, 0) is 0 Å². The van der Waals surface area contributed by atoms with E-state index in [4.69, 9.17) is 0 Å². The zero-order chi connectivity index (χ0) is 7.21. The fourth-order valence-electron chi connectivity index (χ4n) is 0. The van der Waals surface area contributed by atoms with Crippen molar-refractivity contribution in [3.8, 4) is 0 Å². The maximum atomic E-state index is 2.12. The van der Waals surface area contributed by atoms with E-state index in [2.05, 4.69) is 28.2 Å². The van der Waals surface area contributed by atoms with Crippen LogP contribution in [0.3, 0.4) is 0 Å². The number of rotatable bonds is 0. The molecule has 8 heavy (non-hydrogen) atoms. The van der Waals surface area contributed by atoms with Gasteiger partial charge < -0.3 is 9.80 Å². The predicted octanol–water partition coefficient (Wildman–Crippen LogP) is -0.868. The Hall–Kier alpha value is -0.0800. The predicted molar refractivity (Wildman–Crippen MR) is 37.7 cm³/mol. The van der Waals surface area contributed by atoms with E-state index in [-0.39, 0.29) is 0 Å². The first-order valence-corrected chi connectivity index (χ1v) is 2.94. The normalized spacial score (nSPS) is 9.75. The summed E-state index contributed by atoms with van der Waals surface area (Å²) < 4.78 is 1.00. The van der Waals surface area contributed by atoms with E-state index < -0.39 is 0 Å². The first kappa shape index (κ1) is 10.8. The lowest BCUT2D eigenvalue weighted by molar-refractivity contribution is -0.849. The van der Waals surface area contributed by atoms with Gasteiger partial charge in [0.2, 0.25) is 0 Å². The molecular formula is C6H20N2+2. The minimum Gasteiger partial charge on any atom is -0.351 e. The summed E-state index contributed by atoms with van der Waals surface area (Å²) in [6.45, 7) is 0. The summed E-state index contributed by atoms with van der Waals surface area (Å²) in [5, 5.41) is 2.00. The van der Waals surface area contributed by atoms with Gasteiger partial charge in [-0.2, -0.15) is 0 Å². The summed E-state index contributed by atoms with van der Waals surface area (Å²) in [5.74, 6) is 0. The van der Waals surface area contributed by atoms with Crippen molar-refractivity contribution in [1.82, 2.24) is 0 Å². The first-order chi connectivity index (χ1) is 3.41. The van der Waals surface area contributed by atoms with Gasteiger partial charge in [0.25, 0.3) is 0 Å². The molecule has 0 aromatic carbocycles. The molecule has 0 spiro atoms. The third kappa shape index (κ3) is 22400. The average molecular weight is 120 g/mol. The fourth-order valence-corrected chi connectivity index (χ4v) is 0. The van der Waals surface area contributed by atoms with Gasteiger partial charge in [-0.25, -0.2) is 0 Å². The topological polar surface area (TPSA) is 16.6 Å². The molecule has 0 aromatic rings. The van der Waals surface area contributed by atoms with Crippen LogP contribution < -0.4 is 5.32 Å². The van der Waals surface area contributed by atoms with Gasteiger partial charge in [0.15, 0.2) is 0 Å². The molecule has 0 aliphatic heterocycles. The van der Waals surface area contributed by atoms with E-state index in [1.54, 1.807) is 0 Å². The molecule has 52 valence electrons. The van der Waals surface area contributed by atoms with Gasteiger partial charge in [-0.05, 0) is 0 Å². The first-order valence-electron chi connectivity index (χ1n) is 2.94. The number of quaternary nitrogens is 2. The van der Waals surface area contributed by atoms with Gasteiger partial charge in [-0.15, -0.1) is 0 Å². The van der Waals surface area contributed by atoms with Crippen molar-refractivity contribution in [1.29, 1.82) is 0 Å². The second kappa shape index (κ2) is 5.06. The Bertz CT molecular complexity index is 30.3. The van der Waals surface area contributed by atoms with Crippen LogP contribution in [0.5, 0.6) is 0 Å². The summed E-state index contributed by atoms with van der Waals surface area (Å²) in [7, 11) is 12.5. The lowest BCUT2D eigenvalue weighted by Gasteiger charge is -2.14. The van der Waals surface area contributed by atoms with Crippen LogP contribution in [0.1, 0.15) is 0 Å². The van der Waals surface area contributed by atoms with Crippen molar-refractivity contribution >= 4 is 0 Å². The van der Waals surface area contributed by atoms with Crippen LogP contribution >= 0.6 is 0 Å². The Balaban J connectivity index is 0. The van der Waals surface area contributed by atoms with Crippen LogP contribution in [0, 0.1) is 0 Å². The summed E-state index contributed by atoms with van der Waals surface area (Å²) in [6, 6.07) is 0. The molecule has 0 rings (SSSR count). The molecule has 0 aromatic heterocycles. The maximum Gasteiger partial charge on any atom is 0.0675 e. The smallest absolute Gasteiger partial charge is 0.0675 e. The van der Waals surface area contributed by atoms with Crippen molar-refractivity contribution < 1.29 is 9.80 Å². The van der Waals surface area contributed by atoms with E-state index >= 15 is 0 Å². The van der Waals surface area contributed by atoms with E-state index in [0.717, 1.165) is 4.48 Å². The molecule has 0 atom stereocenters. The van der Waals surface area contributed by atoms with E-state index in [0.29, 0.717) is 0 Å². The number of nitrogens with two attached hydrogens (primary N) is 1. The molecule has 0 unspecified atom stereocenters. The van der Waals surface area contributed by atoms with E-state index in [1.165, 1.54) is 0 Å². The minimum absolute atomic E-state index is 1.00. The molecule has 0 radical (unpaired) electrons. The van der Waals surface area contributed by atoms with Crippen molar-refractivity contribution in [3.63, 3.8) is 0 Å². The van der Waals surface area contributed by atoms with Crippen molar-refractivity contribution in [2.45, 2.75) is 0 Å². The van der Waals surface area contributed by atoms with Gasteiger partial charge >= 0.3 is 0 Å². The Morgan fingerprint density at radius 2 is 0.875 bits per heavy atom. The van der Waals surface area contributed by atoms with Crippen molar-refractivity contribution in [3.05, 3.63) is 0 Å². The molecule has 2 N–H and O–H groups in total. The van der Waals surface area contributed by atoms with Gasteiger partial charge in [-0.3, -0.25) is 0 Å². The summed E-state index contributed by atoms with van der Waals surface area (Å²) >= 11 is 0. The minimum atomic E-state index is 1.00. The third-order valence-corrected chi connectivity index (χ3v) is 0. The Morgan fingerprint density at radius 3 is 0.875 bits per heavy atom. The van der Waals surface area contributed by atoms with Crippen LogP contribution in [0.25, 0.3) is 0 Å². The lowest BCUT2D eigenvalue weighted by Crippen LogP contribution is -2.74. The molecule has 2 nitrogen and oxygen atoms in total. The van der Waals surface area contributed by atoms with Gasteiger partial charge in [-0.1, -0.05) is 0 Å². The zero-order valence-electron chi connectivity index (χ0n) is 7.02. The number of hydrogen-bond acceptors (Lipinski definition) is 0. The number of hydrogen-bond donors (Lipinski definition) is 1. The SMILES string of the molecule is C[N+](C)(C)C.C[NH2+]C. The van der Waals surface area contributed by atoms with E-state index in [9.17, 15) is 0 Å². The van der Waals surface area contributed by atoms with Crippen LogP contribution in [0.2, 0.25) is 0 Å². The van der Waals surface area contributed by atoms with Crippen molar-refractivity contribution in [2.75, 3.05) is 42.3 Å². The molecule has 0 saturated heterocycles. The standard InChI is InChI=1S/C4H12N.C2H7N/c1-5(2,3)4;1-3-2/h1-4H3;3H,1-2H3/q+1;/p+1. The number of nitrogens with zero attached hydrogens (tertiary/aromatic N) is 1. The second-order valence-electron chi connectivity index (χ2n) is 3.26. The molecule has 0 aliphatic rings. The second-order valence-corrected chi connectivity index (χ2v) is 3.26. The van der Waals surface area contributed by atoms with Gasteiger partial charge in [0, 0.05) is 0 Å². The summed E-state index contributed by atoms with van der Waals surface area (Å²) in [5.41, 5.74) is 0. The fraction of sp³-hybridized carbons (Fsp3) is 1.00. The highest BCUT2D eigenvalue weighted by Gasteiger charge is 1.88. The van der Waals surface area contributed by atoms with E-state index in [1.807, 2.05) is 19.4 Å². The molecule has 0 heterocycles.